The van der Waals surface area contributed by atoms with Crippen molar-refractivity contribution in [2.45, 2.75) is 18.9 Å². The van der Waals surface area contributed by atoms with Crippen LogP contribution in [0.15, 0.2) is 17.0 Å². The van der Waals surface area contributed by atoms with Crippen LogP contribution in [0.4, 0.5) is 0 Å². The molecule has 0 N–H and O–H groups in total. The van der Waals surface area contributed by atoms with E-state index >= 15 is 0 Å². The number of amides is 1. The van der Waals surface area contributed by atoms with Gasteiger partial charge in [-0.1, -0.05) is 24.0 Å². The number of rotatable bonds is 6. The fourth-order valence-electron chi connectivity index (χ4n) is 2.99. The van der Waals surface area contributed by atoms with Gasteiger partial charge in [-0.25, -0.2) is 0 Å². The Bertz CT molecular complexity index is 718. The maximum Gasteiger partial charge on any atom is 0.266 e. The largest absolute Gasteiger partial charge is 0.493 e. The number of thioether (sulfide) groups is 1. The predicted molar refractivity (Wildman–Crippen MR) is 105 cm³/mol. The van der Waals surface area contributed by atoms with Crippen molar-refractivity contribution in [3.63, 3.8) is 0 Å². The summed E-state index contributed by atoms with van der Waals surface area (Å²) in [5.74, 6) is 1.49. The molecule has 2 aliphatic heterocycles. The molecule has 3 rings (SSSR count). The van der Waals surface area contributed by atoms with Gasteiger partial charge in [0.15, 0.2) is 11.5 Å². The van der Waals surface area contributed by atoms with E-state index in [0.717, 1.165) is 25.0 Å². The van der Waals surface area contributed by atoms with Crippen LogP contribution in [-0.4, -0.2) is 55.7 Å². The number of benzene rings is 1. The lowest BCUT2D eigenvalue weighted by molar-refractivity contribution is -0.123. The molecule has 1 unspecified atom stereocenters. The summed E-state index contributed by atoms with van der Waals surface area (Å²) in [5.41, 5.74) is 0.775. The number of thiocarbonyl (C=S) groups is 1. The average Bonchev–Trinajstić information content (AvgIpc) is 3.25. The number of nitrogens with zero attached hydrogens (tertiary/aromatic N) is 1. The van der Waals surface area contributed by atoms with Crippen LogP contribution >= 0.6 is 24.0 Å². The van der Waals surface area contributed by atoms with Crippen LogP contribution in [0.5, 0.6) is 17.2 Å². The number of ether oxygens (including phenoxy) is 4. The Morgan fingerprint density at radius 2 is 1.96 bits per heavy atom. The Morgan fingerprint density at radius 1 is 1.27 bits per heavy atom. The zero-order chi connectivity index (χ0) is 18.7. The molecule has 0 saturated carbocycles. The van der Waals surface area contributed by atoms with Gasteiger partial charge in [-0.3, -0.25) is 9.69 Å². The topological polar surface area (TPSA) is 57.2 Å². The van der Waals surface area contributed by atoms with Crippen LogP contribution in [0, 0.1) is 0 Å². The number of carbonyl (C=O) groups is 1. The Kier molecular flexibility index (Phi) is 6.05. The highest BCUT2D eigenvalue weighted by Crippen LogP contribution is 2.40. The smallest absolute Gasteiger partial charge is 0.266 e. The maximum atomic E-state index is 12.7. The van der Waals surface area contributed by atoms with E-state index in [-0.39, 0.29) is 12.0 Å². The van der Waals surface area contributed by atoms with Crippen LogP contribution < -0.4 is 14.2 Å². The molecule has 8 heteroatoms. The van der Waals surface area contributed by atoms with Crippen molar-refractivity contribution in [2.24, 2.45) is 0 Å². The van der Waals surface area contributed by atoms with Crippen molar-refractivity contribution in [1.82, 2.24) is 4.90 Å². The second-order valence-corrected chi connectivity index (χ2v) is 7.56. The summed E-state index contributed by atoms with van der Waals surface area (Å²) < 4.78 is 22.2. The average molecular weight is 396 g/mol. The molecule has 0 spiro atoms. The second kappa shape index (κ2) is 8.28. The van der Waals surface area contributed by atoms with Gasteiger partial charge in [0.2, 0.25) is 5.75 Å². The number of hydrogen-bond acceptors (Lipinski definition) is 7. The molecule has 1 atom stereocenters. The summed E-state index contributed by atoms with van der Waals surface area (Å²) in [6, 6.07) is 3.60. The van der Waals surface area contributed by atoms with Gasteiger partial charge in [0, 0.05) is 6.61 Å². The highest BCUT2D eigenvalue weighted by Gasteiger charge is 2.34. The standard InChI is InChI=1S/C18H21NO5S2/c1-21-13-7-11(8-14(22-2)16(13)23-3)9-15-17(20)19(18(25)26-15)10-12-5-4-6-24-12/h7-9,12H,4-6,10H2,1-3H3. The Hall–Kier alpha value is -1.77. The van der Waals surface area contributed by atoms with E-state index in [2.05, 4.69) is 0 Å². The van der Waals surface area contributed by atoms with Gasteiger partial charge < -0.3 is 18.9 Å². The van der Waals surface area contributed by atoms with Crippen molar-refractivity contribution in [2.75, 3.05) is 34.5 Å². The van der Waals surface area contributed by atoms with Gasteiger partial charge in [-0.05, 0) is 36.6 Å². The van der Waals surface area contributed by atoms with E-state index in [9.17, 15) is 4.79 Å². The Labute approximate surface area is 162 Å². The summed E-state index contributed by atoms with van der Waals surface area (Å²) in [7, 11) is 4.67. The molecule has 2 saturated heterocycles. The monoisotopic (exact) mass is 395 g/mol. The molecule has 0 aromatic heterocycles. The summed E-state index contributed by atoms with van der Waals surface area (Å²) in [6.45, 7) is 1.26. The summed E-state index contributed by atoms with van der Waals surface area (Å²) in [5, 5.41) is 0. The zero-order valence-corrected chi connectivity index (χ0v) is 16.6. The third-order valence-corrected chi connectivity index (χ3v) is 5.65. The van der Waals surface area contributed by atoms with E-state index < -0.39 is 0 Å². The highest BCUT2D eigenvalue weighted by molar-refractivity contribution is 8.26. The summed E-state index contributed by atoms with van der Waals surface area (Å²) in [4.78, 5) is 14.9. The first-order valence-electron chi connectivity index (χ1n) is 8.24. The molecule has 1 aromatic rings. The molecule has 6 nitrogen and oxygen atoms in total. The van der Waals surface area contributed by atoms with Crippen molar-refractivity contribution in [3.05, 3.63) is 22.6 Å². The van der Waals surface area contributed by atoms with Crippen LogP contribution in [-0.2, 0) is 9.53 Å². The van der Waals surface area contributed by atoms with Gasteiger partial charge in [-0.2, -0.15) is 0 Å². The SMILES string of the molecule is COc1cc(C=C2SC(=S)N(CC3CCCO3)C2=O)cc(OC)c1OC. The first-order chi connectivity index (χ1) is 12.6. The van der Waals surface area contributed by atoms with Gasteiger partial charge in [0.25, 0.3) is 5.91 Å². The van der Waals surface area contributed by atoms with Gasteiger partial charge in [0.1, 0.15) is 4.32 Å². The van der Waals surface area contributed by atoms with Crippen LogP contribution in [0.2, 0.25) is 0 Å². The lowest BCUT2D eigenvalue weighted by atomic mass is 10.1. The first kappa shape index (κ1) is 19.0. The van der Waals surface area contributed by atoms with E-state index in [1.54, 1.807) is 44.4 Å². The molecule has 0 aliphatic carbocycles. The minimum atomic E-state index is -0.0933. The van der Waals surface area contributed by atoms with Crippen molar-refractivity contribution >= 4 is 40.3 Å². The van der Waals surface area contributed by atoms with Crippen LogP contribution in [0.25, 0.3) is 6.08 Å². The lowest BCUT2D eigenvalue weighted by Crippen LogP contribution is -2.35. The number of hydrogen-bond donors (Lipinski definition) is 0. The summed E-state index contributed by atoms with van der Waals surface area (Å²) in [6.07, 6.45) is 3.85. The minimum absolute atomic E-state index is 0.0676. The van der Waals surface area contributed by atoms with Gasteiger partial charge in [0.05, 0.1) is 38.9 Å². The lowest BCUT2D eigenvalue weighted by Gasteiger charge is -2.18. The van der Waals surface area contributed by atoms with Crippen molar-refractivity contribution < 1.29 is 23.7 Å². The van der Waals surface area contributed by atoms with E-state index in [0.29, 0.717) is 33.0 Å². The molecule has 2 aliphatic rings. The fourth-order valence-corrected chi connectivity index (χ4v) is 4.26. The third kappa shape index (κ3) is 3.82. The van der Waals surface area contributed by atoms with E-state index in [1.807, 2.05) is 0 Å². The number of methoxy groups -OCH3 is 3. The molecular weight excluding hydrogens is 374 g/mol. The third-order valence-electron chi connectivity index (χ3n) is 4.27. The minimum Gasteiger partial charge on any atom is -0.493 e. The molecule has 140 valence electrons. The van der Waals surface area contributed by atoms with Crippen LogP contribution in [0.1, 0.15) is 18.4 Å². The molecular formula is C18H21NO5S2. The molecule has 1 amide bonds. The fraction of sp³-hybridized carbons (Fsp3) is 0.444. The zero-order valence-electron chi connectivity index (χ0n) is 14.9. The first-order valence-corrected chi connectivity index (χ1v) is 9.46. The molecule has 0 bridgehead atoms. The molecule has 2 heterocycles. The maximum absolute atomic E-state index is 12.7. The number of carbonyl (C=O) groups excluding carboxylic acids is 1. The molecule has 1 aromatic carbocycles. The summed E-state index contributed by atoms with van der Waals surface area (Å²) >= 11 is 6.68. The Balaban J connectivity index is 1.85. The highest BCUT2D eigenvalue weighted by atomic mass is 32.2. The quantitative estimate of drug-likeness (QED) is 0.542. The predicted octanol–water partition coefficient (Wildman–Crippen LogP) is 3.09. The van der Waals surface area contributed by atoms with Crippen molar-refractivity contribution in [1.29, 1.82) is 0 Å². The van der Waals surface area contributed by atoms with Crippen LogP contribution in [0.3, 0.4) is 0 Å². The molecule has 26 heavy (non-hydrogen) atoms. The molecule has 0 radical (unpaired) electrons. The Morgan fingerprint density at radius 3 is 2.50 bits per heavy atom. The van der Waals surface area contributed by atoms with Crippen molar-refractivity contribution in [3.8, 4) is 17.2 Å². The second-order valence-electron chi connectivity index (χ2n) is 5.89. The van der Waals surface area contributed by atoms with Gasteiger partial charge >= 0.3 is 0 Å². The van der Waals surface area contributed by atoms with E-state index in [1.165, 1.54) is 11.8 Å². The van der Waals surface area contributed by atoms with E-state index in [4.69, 9.17) is 31.2 Å². The molecule has 2 fully saturated rings. The van der Waals surface area contributed by atoms with Gasteiger partial charge in [-0.15, -0.1) is 0 Å². The normalized spacial score (nSPS) is 21.6.